The summed E-state index contributed by atoms with van der Waals surface area (Å²) in [6, 6.07) is 27.8. The molecule has 0 spiro atoms. The van der Waals surface area contributed by atoms with Crippen molar-refractivity contribution in [3.63, 3.8) is 0 Å². The van der Waals surface area contributed by atoms with E-state index in [1.54, 1.807) is 55.5 Å². The maximum Gasteiger partial charge on any atom is 0.264 e. The number of halogens is 1. The van der Waals surface area contributed by atoms with E-state index in [1.807, 2.05) is 30.3 Å². The molecule has 0 radical (unpaired) electrons. The van der Waals surface area contributed by atoms with Crippen molar-refractivity contribution >= 4 is 39.1 Å². The number of rotatable bonds is 14. The fourth-order valence-electron chi connectivity index (χ4n) is 4.88. The molecule has 4 aromatic carbocycles. The molecule has 0 aliphatic heterocycles. The number of hydrogen-bond acceptors (Lipinski definition) is 6. The lowest BCUT2D eigenvalue weighted by Gasteiger charge is -2.34. The third-order valence-electron chi connectivity index (χ3n) is 7.20. The summed E-state index contributed by atoms with van der Waals surface area (Å²) < 4.78 is 40.2. The first kappa shape index (κ1) is 33.4. The SMILES string of the molecule is CCNC(=O)C(Cc1ccccc1)N(Cc1ccccc1Cl)C(=O)CN(c1ccccc1OC)S(=O)(=O)c1ccc(OC)cc1. The van der Waals surface area contributed by atoms with E-state index in [9.17, 15) is 18.0 Å². The number of sulfonamides is 1. The van der Waals surface area contributed by atoms with Gasteiger partial charge in [0.25, 0.3) is 10.0 Å². The van der Waals surface area contributed by atoms with Gasteiger partial charge in [-0.15, -0.1) is 0 Å². The average molecular weight is 650 g/mol. The minimum atomic E-state index is -4.31. The number of hydrogen-bond donors (Lipinski definition) is 1. The number of nitrogens with zero attached hydrogens (tertiary/aromatic N) is 2. The van der Waals surface area contributed by atoms with E-state index in [4.69, 9.17) is 21.1 Å². The summed E-state index contributed by atoms with van der Waals surface area (Å²) in [7, 11) is -1.40. The summed E-state index contributed by atoms with van der Waals surface area (Å²) in [5.74, 6) is -0.246. The van der Waals surface area contributed by atoms with Crippen molar-refractivity contribution in [1.82, 2.24) is 10.2 Å². The van der Waals surface area contributed by atoms with Gasteiger partial charge in [0.05, 0.1) is 24.8 Å². The molecule has 1 unspecified atom stereocenters. The number of benzene rings is 4. The van der Waals surface area contributed by atoms with Gasteiger partial charge in [0, 0.05) is 24.5 Å². The van der Waals surface area contributed by atoms with Crippen LogP contribution in [0.25, 0.3) is 0 Å². The van der Waals surface area contributed by atoms with Gasteiger partial charge in [0.15, 0.2) is 0 Å². The lowest BCUT2D eigenvalue weighted by Crippen LogP contribution is -2.53. The van der Waals surface area contributed by atoms with Crippen molar-refractivity contribution in [3.8, 4) is 11.5 Å². The molecule has 9 nitrogen and oxygen atoms in total. The molecule has 4 rings (SSSR count). The summed E-state index contributed by atoms with van der Waals surface area (Å²) in [5.41, 5.74) is 1.61. The van der Waals surface area contributed by atoms with E-state index in [-0.39, 0.29) is 35.2 Å². The van der Waals surface area contributed by atoms with E-state index < -0.39 is 28.5 Å². The molecule has 45 heavy (non-hydrogen) atoms. The van der Waals surface area contributed by atoms with Gasteiger partial charge in [0.1, 0.15) is 24.1 Å². The molecule has 0 heterocycles. The molecule has 11 heteroatoms. The second kappa shape index (κ2) is 15.5. The van der Waals surface area contributed by atoms with E-state index >= 15 is 0 Å². The first-order chi connectivity index (χ1) is 21.7. The van der Waals surface area contributed by atoms with Crippen molar-refractivity contribution in [2.75, 3.05) is 31.6 Å². The number of carbonyl (C=O) groups is 2. The number of ether oxygens (including phenoxy) is 2. The van der Waals surface area contributed by atoms with Gasteiger partial charge in [-0.25, -0.2) is 8.42 Å². The highest BCUT2D eigenvalue weighted by atomic mass is 35.5. The number of para-hydroxylation sites is 2. The summed E-state index contributed by atoms with van der Waals surface area (Å²) >= 11 is 6.53. The van der Waals surface area contributed by atoms with Crippen LogP contribution in [0.3, 0.4) is 0 Å². The zero-order valence-corrected chi connectivity index (χ0v) is 26.9. The normalized spacial score (nSPS) is 11.7. The van der Waals surface area contributed by atoms with Crippen LogP contribution >= 0.6 is 11.6 Å². The van der Waals surface area contributed by atoms with Gasteiger partial charge in [-0.2, -0.15) is 0 Å². The Morgan fingerprint density at radius 1 is 0.844 bits per heavy atom. The third kappa shape index (κ3) is 8.14. The van der Waals surface area contributed by atoms with Crippen LogP contribution in [0.1, 0.15) is 18.1 Å². The number of carbonyl (C=O) groups excluding carboxylic acids is 2. The zero-order valence-electron chi connectivity index (χ0n) is 25.4. The first-order valence-electron chi connectivity index (χ1n) is 14.3. The molecule has 1 N–H and O–H groups in total. The average Bonchev–Trinajstić information content (AvgIpc) is 3.06. The maximum atomic E-state index is 14.5. The molecule has 0 saturated heterocycles. The van der Waals surface area contributed by atoms with Crippen molar-refractivity contribution in [3.05, 3.63) is 119 Å². The van der Waals surface area contributed by atoms with Crippen molar-refractivity contribution < 1.29 is 27.5 Å². The molecular formula is C34H36ClN3O6S. The topological polar surface area (TPSA) is 105 Å². The predicted octanol–water partition coefficient (Wildman–Crippen LogP) is 5.33. The maximum absolute atomic E-state index is 14.5. The van der Waals surface area contributed by atoms with E-state index in [2.05, 4.69) is 5.32 Å². The summed E-state index contributed by atoms with van der Waals surface area (Å²) in [6.07, 6.45) is 0.197. The van der Waals surface area contributed by atoms with E-state index in [1.165, 1.54) is 43.4 Å². The van der Waals surface area contributed by atoms with Crippen LogP contribution in [-0.2, 0) is 32.6 Å². The zero-order chi connectivity index (χ0) is 32.4. The van der Waals surface area contributed by atoms with Crippen molar-refractivity contribution in [2.45, 2.75) is 30.8 Å². The molecule has 0 aliphatic rings. The fraction of sp³-hybridized carbons (Fsp3) is 0.235. The Labute approximate surface area is 269 Å². The minimum absolute atomic E-state index is 0.0323. The number of nitrogens with one attached hydrogen (secondary N) is 1. The Morgan fingerprint density at radius 3 is 2.13 bits per heavy atom. The summed E-state index contributed by atoms with van der Waals surface area (Å²) in [4.78, 5) is 29.4. The number of amides is 2. The Bertz CT molecular complexity index is 1700. The number of anilines is 1. The number of methoxy groups -OCH3 is 2. The van der Waals surface area contributed by atoms with Gasteiger partial charge in [0.2, 0.25) is 11.8 Å². The molecule has 236 valence electrons. The predicted molar refractivity (Wildman–Crippen MR) is 175 cm³/mol. The quantitative estimate of drug-likeness (QED) is 0.198. The highest BCUT2D eigenvalue weighted by Crippen LogP contribution is 2.33. The molecular weight excluding hydrogens is 614 g/mol. The van der Waals surface area contributed by atoms with Crippen LogP contribution in [-0.4, -0.2) is 58.5 Å². The lowest BCUT2D eigenvalue weighted by molar-refractivity contribution is -0.140. The Hall–Kier alpha value is -4.54. The molecule has 0 aromatic heterocycles. The second-order valence-corrected chi connectivity index (χ2v) is 12.3. The molecule has 0 aliphatic carbocycles. The van der Waals surface area contributed by atoms with Gasteiger partial charge in [-0.3, -0.25) is 13.9 Å². The van der Waals surface area contributed by atoms with Gasteiger partial charge in [-0.05, 0) is 60.5 Å². The standard InChI is InChI=1S/C34H36ClN3O6S/c1-4-36-34(40)31(22-25-12-6-5-7-13-25)37(23-26-14-8-9-15-29(26)35)33(39)24-38(30-16-10-11-17-32(30)44-3)45(41,42)28-20-18-27(43-2)19-21-28/h5-21,31H,4,22-24H2,1-3H3,(H,36,40). The smallest absolute Gasteiger partial charge is 0.264 e. The lowest BCUT2D eigenvalue weighted by atomic mass is 10.0. The van der Waals surface area contributed by atoms with E-state index in [0.717, 1.165) is 9.87 Å². The summed E-state index contributed by atoms with van der Waals surface area (Å²) in [6.45, 7) is 1.49. The molecule has 1 atom stereocenters. The molecule has 0 bridgehead atoms. The first-order valence-corrected chi connectivity index (χ1v) is 16.2. The van der Waals surface area contributed by atoms with Crippen LogP contribution in [0.15, 0.2) is 108 Å². The van der Waals surface area contributed by atoms with Crippen LogP contribution in [0, 0.1) is 0 Å². The van der Waals surface area contributed by atoms with Crippen molar-refractivity contribution in [2.24, 2.45) is 0 Å². The van der Waals surface area contributed by atoms with Crippen LogP contribution in [0.2, 0.25) is 5.02 Å². The Kier molecular flexibility index (Phi) is 11.5. The van der Waals surface area contributed by atoms with Crippen molar-refractivity contribution in [1.29, 1.82) is 0 Å². The highest BCUT2D eigenvalue weighted by Gasteiger charge is 2.35. The van der Waals surface area contributed by atoms with E-state index in [0.29, 0.717) is 22.9 Å². The van der Waals surface area contributed by atoms with Crippen LogP contribution in [0.5, 0.6) is 11.5 Å². The molecule has 0 saturated carbocycles. The van der Waals surface area contributed by atoms with Gasteiger partial charge < -0.3 is 19.7 Å². The number of likely N-dealkylation sites (N-methyl/N-ethyl adjacent to an activating group) is 1. The van der Waals surface area contributed by atoms with Crippen LogP contribution in [0.4, 0.5) is 5.69 Å². The Balaban J connectivity index is 1.83. The van der Waals surface area contributed by atoms with Crippen LogP contribution < -0.4 is 19.1 Å². The summed E-state index contributed by atoms with van der Waals surface area (Å²) in [5, 5.41) is 3.26. The second-order valence-electron chi connectivity index (χ2n) is 10.1. The highest BCUT2D eigenvalue weighted by molar-refractivity contribution is 7.92. The minimum Gasteiger partial charge on any atom is -0.497 e. The molecule has 4 aromatic rings. The fourth-order valence-corrected chi connectivity index (χ4v) is 6.50. The Morgan fingerprint density at radius 2 is 1.49 bits per heavy atom. The van der Waals surface area contributed by atoms with Gasteiger partial charge >= 0.3 is 0 Å². The van der Waals surface area contributed by atoms with Gasteiger partial charge in [-0.1, -0.05) is 72.3 Å². The molecule has 0 fully saturated rings. The largest absolute Gasteiger partial charge is 0.497 e. The monoisotopic (exact) mass is 649 g/mol. The molecule has 2 amide bonds. The third-order valence-corrected chi connectivity index (χ3v) is 9.34.